The quantitative estimate of drug-likeness (QED) is 0.845. The van der Waals surface area contributed by atoms with E-state index in [-0.39, 0.29) is 23.5 Å². The second-order valence-electron chi connectivity index (χ2n) is 6.76. The Morgan fingerprint density at radius 1 is 1.23 bits per heavy atom. The van der Waals surface area contributed by atoms with Gasteiger partial charge in [-0.15, -0.1) is 0 Å². The van der Waals surface area contributed by atoms with Crippen LogP contribution < -0.4 is 10.2 Å². The first-order valence-electron chi connectivity index (χ1n) is 9.10. The number of anilines is 2. The zero-order valence-corrected chi connectivity index (χ0v) is 15.8. The minimum absolute atomic E-state index is 0.0892. The first kappa shape index (κ1) is 18.8. The molecular formula is C18H25N3O4S. The maximum absolute atomic E-state index is 12.5. The molecule has 0 spiro atoms. The molecule has 2 saturated heterocycles. The Bertz CT molecular complexity index is 785. The van der Waals surface area contributed by atoms with E-state index in [1.165, 1.54) is 4.31 Å². The highest BCUT2D eigenvalue weighted by Gasteiger charge is 2.30. The van der Waals surface area contributed by atoms with Gasteiger partial charge < -0.3 is 10.2 Å². The normalized spacial score (nSPS) is 19.7. The molecular weight excluding hydrogens is 354 g/mol. The molecule has 2 aliphatic rings. The van der Waals surface area contributed by atoms with Crippen molar-refractivity contribution >= 4 is 33.2 Å². The fraction of sp³-hybridized carbons (Fsp3) is 0.556. The summed E-state index contributed by atoms with van der Waals surface area (Å²) in [5, 5.41) is 2.91. The highest BCUT2D eigenvalue weighted by molar-refractivity contribution is 7.89. The lowest BCUT2D eigenvalue weighted by molar-refractivity contribution is -0.121. The summed E-state index contributed by atoms with van der Waals surface area (Å²) in [6, 6.07) is 7.32. The molecule has 3 rings (SSSR count). The first-order valence-corrected chi connectivity index (χ1v) is 10.7. The van der Waals surface area contributed by atoms with E-state index in [9.17, 15) is 18.0 Å². The molecule has 1 aromatic carbocycles. The van der Waals surface area contributed by atoms with Crippen molar-refractivity contribution in [1.82, 2.24) is 4.31 Å². The predicted octanol–water partition coefficient (Wildman–Crippen LogP) is 1.81. The first-order chi connectivity index (χ1) is 12.4. The van der Waals surface area contributed by atoms with Crippen molar-refractivity contribution < 1.29 is 18.0 Å². The third-order valence-corrected chi connectivity index (χ3v) is 6.96. The van der Waals surface area contributed by atoms with E-state index in [4.69, 9.17) is 0 Å². The fourth-order valence-electron chi connectivity index (χ4n) is 3.50. The zero-order valence-electron chi connectivity index (χ0n) is 15.0. The lowest BCUT2D eigenvalue weighted by Gasteiger charge is -2.30. The standard InChI is InChI=1S/C18H25N3O4S/c1-2-26(24,25)20-11-8-14(9-12-20)18(23)19-15-5-3-6-16(13-15)21-10-4-7-17(21)22/h3,5-6,13-14H,2,4,7-12H2,1H3,(H,19,23). The van der Waals surface area contributed by atoms with Crippen LogP contribution in [0.5, 0.6) is 0 Å². The molecule has 0 aromatic heterocycles. The van der Waals surface area contributed by atoms with Crippen molar-refractivity contribution in [1.29, 1.82) is 0 Å². The summed E-state index contributed by atoms with van der Waals surface area (Å²) in [7, 11) is -3.19. The van der Waals surface area contributed by atoms with Crippen molar-refractivity contribution in [3.63, 3.8) is 0 Å². The van der Waals surface area contributed by atoms with Gasteiger partial charge in [0.1, 0.15) is 0 Å². The van der Waals surface area contributed by atoms with Gasteiger partial charge in [-0.1, -0.05) is 6.07 Å². The van der Waals surface area contributed by atoms with Crippen LogP contribution in [-0.2, 0) is 19.6 Å². The second kappa shape index (κ2) is 7.75. The summed E-state index contributed by atoms with van der Waals surface area (Å²) in [6.45, 7) is 3.11. The van der Waals surface area contributed by atoms with Crippen LogP contribution in [0.25, 0.3) is 0 Å². The van der Waals surface area contributed by atoms with Gasteiger partial charge in [-0.2, -0.15) is 0 Å². The monoisotopic (exact) mass is 379 g/mol. The number of nitrogens with zero attached hydrogens (tertiary/aromatic N) is 2. The van der Waals surface area contributed by atoms with Gasteiger partial charge in [-0.25, -0.2) is 12.7 Å². The topological polar surface area (TPSA) is 86.8 Å². The number of amides is 2. The van der Waals surface area contributed by atoms with Gasteiger partial charge in [0.05, 0.1) is 5.75 Å². The average molecular weight is 379 g/mol. The van der Waals surface area contributed by atoms with Crippen LogP contribution >= 0.6 is 0 Å². The van der Waals surface area contributed by atoms with Crippen molar-refractivity contribution in [2.24, 2.45) is 5.92 Å². The lowest BCUT2D eigenvalue weighted by atomic mass is 9.97. The SMILES string of the molecule is CCS(=O)(=O)N1CCC(C(=O)Nc2cccc(N3CCCC3=O)c2)CC1. The number of benzene rings is 1. The molecule has 7 nitrogen and oxygen atoms in total. The largest absolute Gasteiger partial charge is 0.326 e. The molecule has 0 atom stereocenters. The second-order valence-corrected chi connectivity index (χ2v) is 9.02. The van der Waals surface area contributed by atoms with E-state index in [2.05, 4.69) is 5.32 Å². The van der Waals surface area contributed by atoms with E-state index in [1.807, 2.05) is 18.2 Å². The Labute approximate surface area is 154 Å². The third kappa shape index (κ3) is 4.07. The summed E-state index contributed by atoms with van der Waals surface area (Å²) in [6.07, 6.45) is 2.47. The van der Waals surface area contributed by atoms with Crippen molar-refractivity contribution in [3.05, 3.63) is 24.3 Å². The average Bonchev–Trinajstić information content (AvgIpc) is 3.08. The fourth-order valence-corrected chi connectivity index (χ4v) is 4.63. The molecule has 2 aliphatic heterocycles. The molecule has 142 valence electrons. The van der Waals surface area contributed by atoms with E-state index in [0.717, 1.165) is 12.1 Å². The van der Waals surface area contributed by atoms with Gasteiger partial charge in [0.2, 0.25) is 21.8 Å². The van der Waals surface area contributed by atoms with E-state index >= 15 is 0 Å². The number of rotatable bonds is 5. The van der Waals surface area contributed by atoms with Crippen LogP contribution in [0.3, 0.4) is 0 Å². The summed E-state index contributed by atoms with van der Waals surface area (Å²) in [4.78, 5) is 26.1. The van der Waals surface area contributed by atoms with E-state index in [1.54, 1.807) is 17.9 Å². The van der Waals surface area contributed by atoms with Gasteiger partial charge in [0.15, 0.2) is 0 Å². The minimum Gasteiger partial charge on any atom is -0.326 e. The number of piperidine rings is 1. The van der Waals surface area contributed by atoms with Gasteiger partial charge in [0.25, 0.3) is 0 Å². The maximum Gasteiger partial charge on any atom is 0.227 e. The molecule has 1 N–H and O–H groups in total. The van der Waals surface area contributed by atoms with Crippen molar-refractivity contribution in [3.8, 4) is 0 Å². The number of hydrogen-bond donors (Lipinski definition) is 1. The number of nitrogens with one attached hydrogen (secondary N) is 1. The highest BCUT2D eigenvalue weighted by Crippen LogP contribution is 2.26. The van der Waals surface area contributed by atoms with Crippen molar-refractivity contribution in [2.45, 2.75) is 32.6 Å². The summed E-state index contributed by atoms with van der Waals surface area (Å²) in [5.41, 5.74) is 1.46. The Balaban J connectivity index is 1.60. The molecule has 8 heteroatoms. The number of sulfonamides is 1. The van der Waals surface area contributed by atoms with E-state index in [0.29, 0.717) is 44.6 Å². The van der Waals surface area contributed by atoms with Crippen LogP contribution in [-0.4, -0.2) is 49.9 Å². The van der Waals surface area contributed by atoms with Gasteiger partial charge >= 0.3 is 0 Å². The Hall–Kier alpha value is -1.93. The zero-order chi connectivity index (χ0) is 18.7. The molecule has 26 heavy (non-hydrogen) atoms. The number of carbonyl (C=O) groups is 2. The smallest absolute Gasteiger partial charge is 0.227 e. The Morgan fingerprint density at radius 3 is 2.58 bits per heavy atom. The molecule has 2 amide bonds. The summed E-state index contributed by atoms with van der Waals surface area (Å²) >= 11 is 0. The molecule has 1 aromatic rings. The van der Waals surface area contributed by atoms with Gasteiger partial charge in [0, 0.05) is 43.3 Å². The van der Waals surface area contributed by atoms with Crippen LogP contribution in [0.2, 0.25) is 0 Å². The van der Waals surface area contributed by atoms with Gasteiger partial charge in [-0.3, -0.25) is 9.59 Å². The number of carbonyl (C=O) groups excluding carboxylic acids is 2. The highest BCUT2D eigenvalue weighted by atomic mass is 32.2. The van der Waals surface area contributed by atoms with Crippen LogP contribution in [0.4, 0.5) is 11.4 Å². The van der Waals surface area contributed by atoms with Crippen LogP contribution in [0.15, 0.2) is 24.3 Å². The lowest BCUT2D eigenvalue weighted by Crippen LogP contribution is -2.42. The molecule has 2 fully saturated rings. The molecule has 0 radical (unpaired) electrons. The molecule has 0 unspecified atom stereocenters. The van der Waals surface area contributed by atoms with Crippen LogP contribution in [0, 0.1) is 5.92 Å². The summed E-state index contributed by atoms with van der Waals surface area (Å²) < 4.78 is 25.3. The minimum atomic E-state index is -3.19. The Morgan fingerprint density at radius 2 is 1.96 bits per heavy atom. The predicted molar refractivity (Wildman–Crippen MR) is 100 cm³/mol. The maximum atomic E-state index is 12.5. The summed E-state index contributed by atoms with van der Waals surface area (Å²) in [5.74, 6) is -0.0943. The Kier molecular flexibility index (Phi) is 5.62. The van der Waals surface area contributed by atoms with Crippen LogP contribution in [0.1, 0.15) is 32.6 Å². The van der Waals surface area contributed by atoms with Crippen molar-refractivity contribution in [2.75, 3.05) is 35.6 Å². The third-order valence-electron chi connectivity index (χ3n) is 5.08. The molecule has 0 bridgehead atoms. The molecule has 0 aliphatic carbocycles. The van der Waals surface area contributed by atoms with Gasteiger partial charge in [-0.05, 0) is 44.4 Å². The van der Waals surface area contributed by atoms with E-state index < -0.39 is 10.0 Å². The number of hydrogen-bond acceptors (Lipinski definition) is 4. The molecule has 0 saturated carbocycles. The molecule has 2 heterocycles.